The first-order valence-corrected chi connectivity index (χ1v) is 6.07. The zero-order valence-corrected chi connectivity index (χ0v) is 11.0. The van der Waals surface area contributed by atoms with Crippen molar-refractivity contribution in [3.05, 3.63) is 0 Å². The molecule has 0 aromatic carbocycles. The maximum absolute atomic E-state index is 5.47. The normalized spacial score (nSPS) is 15.9. The van der Waals surface area contributed by atoms with Crippen LogP contribution in [0.3, 0.4) is 0 Å². The van der Waals surface area contributed by atoms with Gasteiger partial charge >= 0.3 is 0 Å². The molecule has 0 amide bonds. The summed E-state index contributed by atoms with van der Waals surface area (Å²) in [6.07, 6.45) is -0.144. The third-order valence-electron chi connectivity index (χ3n) is 1.80. The monoisotopic (exact) mass is 268 g/mol. The summed E-state index contributed by atoms with van der Waals surface area (Å²) in [7, 11) is 0. The minimum absolute atomic E-state index is 0.0716. The standard InChI is InChI=1S/C10H21BrO3/c1-5-12-8(4)9(11)10(13-6-2)14-7-3/h8-10H,5-7H2,1-4H3. The lowest BCUT2D eigenvalue weighted by molar-refractivity contribution is -0.149. The summed E-state index contributed by atoms with van der Waals surface area (Å²) in [6.45, 7) is 9.89. The summed E-state index contributed by atoms with van der Waals surface area (Å²) in [5.74, 6) is 0. The van der Waals surface area contributed by atoms with Gasteiger partial charge in [0.2, 0.25) is 0 Å². The molecule has 86 valence electrons. The first-order valence-electron chi connectivity index (χ1n) is 5.16. The molecular weight excluding hydrogens is 248 g/mol. The van der Waals surface area contributed by atoms with Crippen molar-refractivity contribution in [2.24, 2.45) is 0 Å². The van der Waals surface area contributed by atoms with Crippen molar-refractivity contribution in [2.75, 3.05) is 19.8 Å². The fourth-order valence-electron chi connectivity index (χ4n) is 1.14. The molecule has 0 saturated heterocycles. The van der Waals surface area contributed by atoms with Gasteiger partial charge in [-0.3, -0.25) is 0 Å². The molecule has 0 aromatic rings. The predicted octanol–water partition coefficient (Wildman–Crippen LogP) is 2.57. The van der Waals surface area contributed by atoms with Crippen molar-refractivity contribution < 1.29 is 14.2 Å². The van der Waals surface area contributed by atoms with E-state index >= 15 is 0 Å². The molecule has 3 nitrogen and oxygen atoms in total. The van der Waals surface area contributed by atoms with Crippen LogP contribution in [0.4, 0.5) is 0 Å². The third kappa shape index (κ3) is 5.29. The van der Waals surface area contributed by atoms with Crippen LogP contribution in [0.5, 0.6) is 0 Å². The van der Waals surface area contributed by atoms with Crippen molar-refractivity contribution in [3.8, 4) is 0 Å². The summed E-state index contributed by atoms with van der Waals surface area (Å²) in [5.41, 5.74) is 0. The van der Waals surface area contributed by atoms with Crippen molar-refractivity contribution in [1.29, 1.82) is 0 Å². The van der Waals surface area contributed by atoms with Gasteiger partial charge in [0.1, 0.15) is 0 Å². The van der Waals surface area contributed by atoms with Crippen LogP contribution in [0.2, 0.25) is 0 Å². The second-order valence-corrected chi connectivity index (χ2v) is 3.94. The van der Waals surface area contributed by atoms with E-state index in [0.29, 0.717) is 19.8 Å². The van der Waals surface area contributed by atoms with Crippen molar-refractivity contribution in [2.45, 2.75) is 44.9 Å². The van der Waals surface area contributed by atoms with Crippen LogP contribution in [0, 0.1) is 0 Å². The van der Waals surface area contributed by atoms with Gasteiger partial charge in [-0.25, -0.2) is 0 Å². The molecule has 0 rings (SSSR count). The Bertz CT molecular complexity index is 127. The topological polar surface area (TPSA) is 27.7 Å². The summed E-state index contributed by atoms with van der Waals surface area (Å²) in [5, 5.41) is 0. The second kappa shape index (κ2) is 8.65. The minimum Gasteiger partial charge on any atom is -0.377 e. The number of ether oxygens (including phenoxy) is 3. The molecule has 0 heterocycles. The van der Waals surface area contributed by atoms with E-state index in [0.717, 1.165) is 0 Å². The molecular formula is C10H21BrO3. The Kier molecular flexibility index (Phi) is 8.87. The average Bonchev–Trinajstić information content (AvgIpc) is 2.17. The van der Waals surface area contributed by atoms with Gasteiger partial charge < -0.3 is 14.2 Å². The lowest BCUT2D eigenvalue weighted by Crippen LogP contribution is -2.36. The molecule has 0 aromatic heterocycles. The Balaban J connectivity index is 4.03. The second-order valence-electron chi connectivity index (χ2n) is 2.88. The third-order valence-corrected chi connectivity index (χ3v) is 2.98. The first kappa shape index (κ1) is 14.4. The van der Waals surface area contributed by atoms with E-state index in [1.54, 1.807) is 0 Å². The SMILES string of the molecule is CCOC(C)C(Br)C(OCC)OCC. The zero-order chi connectivity index (χ0) is 11.0. The zero-order valence-electron chi connectivity index (χ0n) is 9.46. The van der Waals surface area contributed by atoms with E-state index in [1.807, 2.05) is 27.7 Å². The Morgan fingerprint density at radius 2 is 1.36 bits per heavy atom. The molecule has 0 radical (unpaired) electrons. The molecule has 2 unspecified atom stereocenters. The molecule has 0 aliphatic carbocycles. The minimum atomic E-state index is -0.230. The maximum atomic E-state index is 5.47. The first-order chi connectivity index (χ1) is 6.67. The van der Waals surface area contributed by atoms with E-state index in [2.05, 4.69) is 15.9 Å². The maximum Gasteiger partial charge on any atom is 0.172 e. The van der Waals surface area contributed by atoms with E-state index < -0.39 is 0 Å². The molecule has 2 atom stereocenters. The van der Waals surface area contributed by atoms with Crippen molar-refractivity contribution >= 4 is 15.9 Å². The Labute approximate surface area is 95.2 Å². The Morgan fingerprint density at radius 3 is 1.71 bits per heavy atom. The highest BCUT2D eigenvalue weighted by molar-refractivity contribution is 9.09. The van der Waals surface area contributed by atoms with Gasteiger partial charge in [-0.05, 0) is 27.7 Å². The van der Waals surface area contributed by atoms with Gasteiger partial charge in [0.15, 0.2) is 6.29 Å². The highest BCUT2D eigenvalue weighted by Crippen LogP contribution is 2.17. The molecule has 0 aliphatic heterocycles. The van der Waals surface area contributed by atoms with Crippen LogP contribution in [-0.4, -0.2) is 37.0 Å². The molecule has 4 heteroatoms. The van der Waals surface area contributed by atoms with Crippen LogP contribution in [0.1, 0.15) is 27.7 Å². The van der Waals surface area contributed by atoms with E-state index in [9.17, 15) is 0 Å². The lowest BCUT2D eigenvalue weighted by atomic mass is 10.3. The number of hydrogen-bond donors (Lipinski definition) is 0. The molecule has 0 aliphatic rings. The molecule has 0 bridgehead atoms. The van der Waals surface area contributed by atoms with E-state index in [1.165, 1.54) is 0 Å². The summed E-state index contributed by atoms with van der Waals surface area (Å²) in [6, 6.07) is 0. The van der Waals surface area contributed by atoms with Crippen molar-refractivity contribution in [1.82, 2.24) is 0 Å². The molecule has 0 spiro atoms. The quantitative estimate of drug-likeness (QED) is 0.500. The molecule has 0 fully saturated rings. The van der Waals surface area contributed by atoms with Gasteiger partial charge in [-0.15, -0.1) is 0 Å². The molecule has 0 saturated carbocycles. The number of alkyl halides is 1. The number of rotatable bonds is 8. The van der Waals surface area contributed by atoms with Gasteiger partial charge in [0.25, 0.3) is 0 Å². The van der Waals surface area contributed by atoms with Crippen molar-refractivity contribution in [3.63, 3.8) is 0 Å². The van der Waals surface area contributed by atoms with Crippen LogP contribution < -0.4 is 0 Å². The molecule has 14 heavy (non-hydrogen) atoms. The Morgan fingerprint density at radius 1 is 0.929 bits per heavy atom. The van der Waals surface area contributed by atoms with Crippen LogP contribution >= 0.6 is 15.9 Å². The van der Waals surface area contributed by atoms with Gasteiger partial charge in [0, 0.05) is 19.8 Å². The summed E-state index contributed by atoms with van der Waals surface area (Å²) in [4.78, 5) is 0.0716. The lowest BCUT2D eigenvalue weighted by Gasteiger charge is -2.26. The number of halogens is 1. The highest BCUT2D eigenvalue weighted by atomic mass is 79.9. The van der Waals surface area contributed by atoms with Gasteiger partial charge in [-0.1, -0.05) is 15.9 Å². The largest absolute Gasteiger partial charge is 0.377 e. The smallest absolute Gasteiger partial charge is 0.172 e. The van der Waals surface area contributed by atoms with Gasteiger partial charge in [-0.2, -0.15) is 0 Å². The van der Waals surface area contributed by atoms with Crippen LogP contribution in [0.25, 0.3) is 0 Å². The fraction of sp³-hybridized carbons (Fsp3) is 1.00. The average molecular weight is 269 g/mol. The summed E-state index contributed by atoms with van der Waals surface area (Å²) < 4.78 is 16.4. The van der Waals surface area contributed by atoms with Gasteiger partial charge in [0.05, 0.1) is 10.9 Å². The fourth-order valence-corrected chi connectivity index (χ4v) is 1.59. The summed E-state index contributed by atoms with van der Waals surface area (Å²) >= 11 is 3.54. The highest BCUT2D eigenvalue weighted by Gasteiger charge is 2.25. The van der Waals surface area contributed by atoms with E-state index in [4.69, 9.17) is 14.2 Å². The van der Waals surface area contributed by atoms with E-state index in [-0.39, 0.29) is 17.2 Å². The van der Waals surface area contributed by atoms with Crippen LogP contribution in [-0.2, 0) is 14.2 Å². The number of hydrogen-bond acceptors (Lipinski definition) is 3. The Hall–Kier alpha value is 0.360. The molecule has 0 N–H and O–H groups in total. The van der Waals surface area contributed by atoms with Crippen LogP contribution in [0.15, 0.2) is 0 Å². The predicted molar refractivity (Wildman–Crippen MR) is 60.8 cm³/mol.